The highest BCUT2D eigenvalue weighted by Crippen LogP contribution is 2.23. The van der Waals surface area contributed by atoms with Gasteiger partial charge in [-0.1, -0.05) is 30.3 Å². The van der Waals surface area contributed by atoms with Gasteiger partial charge in [-0.3, -0.25) is 4.79 Å². The predicted molar refractivity (Wildman–Crippen MR) is 113 cm³/mol. The van der Waals surface area contributed by atoms with Crippen molar-refractivity contribution >= 4 is 22.6 Å². The first kappa shape index (κ1) is 18.5. The summed E-state index contributed by atoms with van der Waals surface area (Å²) in [6, 6.07) is 23.3. The molecule has 1 N–H and O–H groups in total. The summed E-state index contributed by atoms with van der Waals surface area (Å²) < 4.78 is 10.8. The molecule has 0 spiro atoms. The van der Waals surface area contributed by atoms with Crippen molar-refractivity contribution in [3.05, 3.63) is 94.8 Å². The molecule has 5 nitrogen and oxygen atoms in total. The average Bonchev–Trinajstić information content (AvgIpc) is 2.74. The number of ether oxygens (including phenoxy) is 1. The Kier molecular flexibility index (Phi) is 5.12. The van der Waals surface area contributed by atoms with E-state index in [1.807, 2.05) is 31.2 Å². The van der Waals surface area contributed by atoms with E-state index in [2.05, 4.69) is 5.32 Å². The van der Waals surface area contributed by atoms with Crippen molar-refractivity contribution in [1.82, 2.24) is 0 Å². The Labute approximate surface area is 167 Å². The SMILES string of the molecule is CCOc1ccc(C(=O)Nc2ccc(-c3cc4ccccc4oc3=O)cc2)cc1. The van der Waals surface area contributed by atoms with Gasteiger partial charge < -0.3 is 14.5 Å². The van der Waals surface area contributed by atoms with Crippen LogP contribution in [0.1, 0.15) is 17.3 Å². The molecule has 0 aliphatic carbocycles. The lowest BCUT2D eigenvalue weighted by Crippen LogP contribution is -2.11. The average molecular weight is 385 g/mol. The van der Waals surface area contributed by atoms with Gasteiger partial charge in [0.25, 0.3) is 5.91 Å². The second-order valence-corrected chi connectivity index (χ2v) is 6.47. The molecule has 29 heavy (non-hydrogen) atoms. The van der Waals surface area contributed by atoms with Gasteiger partial charge in [0.15, 0.2) is 0 Å². The summed E-state index contributed by atoms with van der Waals surface area (Å²) in [5, 5.41) is 3.71. The molecule has 0 bridgehead atoms. The third-order valence-electron chi connectivity index (χ3n) is 4.52. The van der Waals surface area contributed by atoms with Crippen LogP contribution in [-0.2, 0) is 0 Å². The van der Waals surface area contributed by atoms with Crippen LogP contribution in [0.2, 0.25) is 0 Å². The Morgan fingerprint density at radius 1 is 0.966 bits per heavy atom. The quantitative estimate of drug-likeness (QED) is 0.485. The van der Waals surface area contributed by atoms with Gasteiger partial charge in [-0.2, -0.15) is 0 Å². The zero-order valence-electron chi connectivity index (χ0n) is 15.8. The van der Waals surface area contributed by atoms with Gasteiger partial charge in [0.2, 0.25) is 0 Å². The smallest absolute Gasteiger partial charge is 0.344 e. The zero-order chi connectivity index (χ0) is 20.2. The Hall–Kier alpha value is -3.86. The van der Waals surface area contributed by atoms with E-state index >= 15 is 0 Å². The van der Waals surface area contributed by atoms with E-state index < -0.39 is 5.63 Å². The van der Waals surface area contributed by atoms with Crippen LogP contribution in [-0.4, -0.2) is 12.5 Å². The number of para-hydroxylation sites is 1. The maximum atomic E-state index is 12.4. The third kappa shape index (κ3) is 4.04. The summed E-state index contributed by atoms with van der Waals surface area (Å²) in [6.07, 6.45) is 0. The lowest BCUT2D eigenvalue weighted by atomic mass is 10.1. The minimum atomic E-state index is -0.394. The topological polar surface area (TPSA) is 68.5 Å². The first-order valence-electron chi connectivity index (χ1n) is 9.31. The number of carbonyl (C=O) groups excluding carboxylic acids is 1. The molecule has 0 radical (unpaired) electrons. The zero-order valence-corrected chi connectivity index (χ0v) is 15.8. The van der Waals surface area contributed by atoms with Crippen LogP contribution in [0.3, 0.4) is 0 Å². The fraction of sp³-hybridized carbons (Fsp3) is 0.0833. The summed E-state index contributed by atoms with van der Waals surface area (Å²) in [5.41, 5.74) is 2.54. The predicted octanol–water partition coefficient (Wildman–Crippen LogP) is 5.11. The first-order chi connectivity index (χ1) is 14.1. The van der Waals surface area contributed by atoms with Crippen LogP contribution < -0.4 is 15.7 Å². The van der Waals surface area contributed by atoms with E-state index in [0.29, 0.717) is 29.0 Å². The van der Waals surface area contributed by atoms with Crippen molar-refractivity contribution in [2.45, 2.75) is 6.92 Å². The molecular formula is C24H19NO4. The number of nitrogens with one attached hydrogen (secondary N) is 1. The van der Waals surface area contributed by atoms with Crippen molar-refractivity contribution in [3.8, 4) is 16.9 Å². The van der Waals surface area contributed by atoms with Gasteiger partial charge >= 0.3 is 5.63 Å². The van der Waals surface area contributed by atoms with E-state index in [1.54, 1.807) is 54.6 Å². The molecule has 1 amide bonds. The number of carbonyl (C=O) groups is 1. The third-order valence-corrected chi connectivity index (χ3v) is 4.52. The molecule has 0 atom stereocenters. The Balaban J connectivity index is 1.53. The monoisotopic (exact) mass is 385 g/mol. The molecule has 0 aliphatic rings. The number of hydrogen-bond acceptors (Lipinski definition) is 4. The van der Waals surface area contributed by atoms with Crippen LogP contribution in [0.15, 0.2) is 88.1 Å². The van der Waals surface area contributed by atoms with Crippen molar-refractivity contribution in [2.24, 2.45) is 0 Å². The van der Waals surface area contributed by atoms with Crippen molar-refractivity contribution in [2.75, 3.05) is 11.9 Å². The van der Waals surface area contributed by atoms with Crippen LogP contribution in [0.4, 0.5) is 5.69 Å². The fourth-order valence-corrected chi connectivity index (χ4v) is 3.07. The summed E-state index contributed by atoms with van der Waals surface area (Å²) in [4.78, 5) is 24.7. The van der Waals surface area contributed by atoms with Crippen LogP contribution >= 0.6 is 0 Å². The maximum absolute atomic E-state index is 12.4. The van der Waals surface area contributed by atoms with E-state index in [0.717, 1.165) is 16.7 Å². The van der Waals surface area contributed by atoms with Gasteiger partial charge in [0.05, 0.1) is 12.2 Å². The maximum Gasteiger partial charge on any atom is 0.344 e. The lowest BCUT2D eigenvalue weighted by molar-refractivity contribution is 0.102. The molecule has 0 saturated heterocycles. The van der Waals surface area contributed by atoms with Gasteiger partial charge in [-0.05, 0) is 61.0 Å². The molecule has 4 aromatic rings. The Morgan fingerprint density at radius 2 is 1.69 bits per heavy atom. The van der Waals surface area contributed by atoms with Gasteiger partial charge in [0, 0.05) is 16.6 Å². The summed E-state index contributed by atoms with van der Waals surface area (Å²) in [7, 11) is 0. The summed E-state index contributed by atoms with van der Waals surface area (Å²) in [5.74, 6) is 0.508. The van der Waals surface area contributed by atoms with E-state index in [-0.39, 0.29) is 5.91 Å². The second kappa shape index (κ2) is 8.02. The second-order valence-electron chi connectivity index (χ2n) is 6.47. The summed E-state index contributed by atoms with van der Waals surface area (Å²) >= 11 is 0. The number of benzene rings is 3. The molecule has 1 aromatic heterocycles. The molecule has 0 aliphatic heterocycles. The lowest BCUT2D eigenvalue weighted by Gasteiger charge is -2.08. The number of amides is 1. The van der Waals surface area contributed by atoms with Gasteiger partial charge in [0.1, 0.15) is 11.3 Å². The standard InChI is InChI=1S/C24H19NO4/c1-2-28-20-13-9-17(10-14-20)23(26)25-19-11-7-16(8-12-19)21-15-18-5-3-4-6-22(18)29-24(21)27/h3-15H,2H2,1H3,(H,25,26). The largest absolute Gasteiger partial charge is 0.494 e. The number of hydrogen-bond donors (Lipinski definition) is 1. The van der Waals surface area contributed by atoms with E-state index in [1.165, 1.54) is 0 Å². The minimum absolute atomic E-state index is 0.217. The molecule has 144 valence electrons. The van der Waals surface area contributed by atoms with Crippen LogP contribution in [0.5, 0.6) is 5.75 Å². The van der Waals surface area contributed by atoms with E-state index in [4.69, 9.17) is 9.15 Å². The number of fused-ring (bicyclic) bond motifs is 1. The van der Waals surface area contributed by atoms with E-state index in [9.17, 15) is 9.59 Å². The van der Waals surface area contributed by atoms with Crippen LogP contribution in [0, 0.1) is 0 Å². The molecule has 0 unspecified atom stereocenters. The molecule has 0 fully saturated rings. The molecule has 3 aromatic carbocycles. The first-order valence-corrected chi connectivity index (χ1v) is 9.31. The minimum Gasteiger partial charge on any atom is -0.494 e. The molecule has 4 rings (SSSR count). The van der Waals surface area contributed by atoms with Crippen molar-refractivity contribution in [1.29, 1.82) is 0 Å². The number of rotatable bonds is 5. The summed E-state index contributed by atoms with van der Waals surface area (Å²) in [6.45, 7) is 2.49. The van der Waals surface area contributed by atoms with Gasteiger partial charge in [-0.25, -0.2) is 4.79 Å². The fourth-order valence-electron chi connectivity index (χ4n) is 3.07. The highest BCUT2D eigenvalue weighted by atomic mass is 16.5. The number of anilines is 1. The Morgan fingerprint density at radius 3 is 2.41 bits per heavy atom. The Bertz CT molecular complexity index is 1210. The highest BCUT2D eigenvalue weighted by molar-refractivity contribution is 6.04. The molecule has 1 heterocycles. The van der Waals surface area contributed by atoms with Gasteiger partial charge in [-0.15, -0.1) is 0 Å². The molecule has 0 saturated carbocycles. The molecule has 5 heteroatoms. The van der Waals surface area contributed by atoms with Crippen molar-refractivity contribution < 1.29 is 13.9 Å². The highest BCUT2D eigenvalue weighted by Gasteiger charge is 2.09. The molecular weight excluding hydrogens is 366 g/mol. The van der Waals surface area contributed by atoms with Crippen LogP contribution in [0.25, 0.3) is 22.1 Å². The van der Waals surface area contributed by atoms with Crippen molar-refractivity contribution in [3.63, 3.8) is 0 Å². The normalized spacial score (nSPS) is 10.7.